The van der Waals surface area contributed by atoms with Crippen molar-refractivity contribution in [1.29, 1.82) is 0 Å². The zero-order valence-electron chi connectivity index (χ0n) is 18.1. The quantitative estimate of drug-likeness (QED) is 0.622. The highest BCUT2D eigenvalue weighted by atomic mass is 16.5. The van der Waals surface area contributed by atoms with Crippen molar-refractivity contribution in [3.05, 3.63) is 36.0 Å². The maximum Gasteiger partial charge on any atom is 0.0731 e. The van der Waals surface area contributed by atoms with Gasteiger partial charge in [-0.05, 0) is 44.7 Å². The molecule has 160 valence electrons. The van der Waals surface area contributed by atoms with Gasteiger partial charge in [-0.1, -0.05) is 18.2 Å². The van der Waals surface area contributed by atoms with Crippen LogP contribution in [0.25, 0.3) is 10.9 Å². The van der Waals surface area contributed by atoms with E-state index in [0.717, 1.165) is 65.1 Å². The molecule has 0 radical (unpaired) electrons. The molecular formula is C24H36N2O3. The SMILES string of the molecule is CCOCCOC1CCOC2(CCN(Cc3cn(CC)c4ccccc34)CC2)C1. The second-order valence-corrected chi connectivity index (χ2v) is 8.45. The minimum atomic E-state index is 0.0163. The van der Waals surface area contributed by atoms with Crippen LogP contribution in [-0.4, -0.2) is 60.7 Å². The predicted molar refractivity (Wildman–Crippen MR) is 116 cm³/mol. The number of hydrogen-bond acceptors (Lipinski definition) is 4. The Hall–Kier alpha value is -1.40. The van der Waals surface area contributed by atoms with Crippen molar-refractivity contribution in [2.45, 2.75) is 64.3 Å². The van der Waals surface area contributed by atoms with E-state index in [4.69, 9.17) is 14.2 Å². The van der Waals surface area contributed by atoms with Crippen LogP contribution in [0.15, 0.2) is 30.5 Å². The van der Waals surface area contributed by atoms with Crippen LogP contribution in [0.5, 0.6) is 0 Å². The Bertz CT molecular complexity index is 780. The molecule has 2 saturated heterocycles. The van der Waals surface area contributed by atoms with Gasteiger partial charge in [-0.25, -0.2) is 0 Å². The van der Waals surface area contributed by atoms with Gasteiger partial charge in [0.25, 0.3) is 0 Å². The first-order valence-corrected chi connectivity index (χ1v) is 11.4. The van der Waals surface area contributed by atoms with Crippen LogP contribution in [0, 0.1) is 0 Å². The van der Waals surface area contributed by atoms with Crippen molar-refractivity contribution in [2.24, 2.45) is 0 Å². The number of likely N-dealkylation sites (tertiary alicyclic amines) is 1. The van der Waals surface area contributed by atoms with E-state index in [1.165, 1.54) is 16.5 Å². The molecule has 4 rings (SSSR count). The Balaban J connectivity index is 1.32. The van der Waals surface area contributed by atoms with E-state index in [0.29, 0.717) is 19.3 Å². The van der Waals surface area contributed by atoms with Gasteiger partial charge >= 0.3 is 0 Å². The molecule has 1 aromatic heterocycles. The lowest BCUT2D eigenvalue weighted by Crippen LogP contribution is -2.50. The predicted octanol–water partition coefficient (Wildman–Crippen LogP) is 4.23. The van der Waals surface area contributed by atoms with E-state index in [9.17, 15) is 0 Å². The molecule has 1 spiro atoms. The number of rotatable bonds is 8. The number of fused-ring (bicyclic) bond motifs is 1. The maximum absolute atomic E-state index is 6.31. The minimum absolute atomic E-state index is 0.0163. The molecule has 1 atom stereocenters. The zero-order chi connectivity index (χ0) is 20.1. The summed E-state index contributed by atoms with van der Waals surface area (Å²) in [6.07, 6.45) is 6.90. The Morgan fingerprint density at radius 3 is 2.76 bits per heavy atom. The van der Waals surface area contributed by atoms with Gasteiger partial charge in [0.1, 0.15) is 0 Å². The minimum Gasteiger partial charge on any atom is -0.379 e. The average Bonchev–Trinajstić information content (AvgIpc) is 3.11. The second kappa shape index (κ2) is 9.61. The molecule has 1 unspecified atom stereocenters. The number of ether oxygens (including phenoxy) is 3. The first-order valence-electron chi connectivity index (χ1n) is 11.4. The highest BCUT2D eigenvalue weighted by Gasteiger charge is 2.40. The first-order chi connectivity index (χ1) is 14.2. The lowest BCUT2D eigenvalue weighted by Gasteiger charge is -2.46. The number of benzene rings is 1. The maximum atomic E-state index is 6.31. The van der Waals surface area contributed by atoms with E-state index < -0.39 is 0 Å². The third-order valence-electron chi connectivity index (χ3n) is 6.61. The molecule has 2 aliphatic rings. The summed E-state index contributed by atoms with van der Waals surface area (Å²) >= 11 is 0. The van der Waals surface area contributed by atoms with Gasteiger partial charge in [0.2, 0.25) is 0 Å². The fraction of sp³-hybridized carbons (Fsp3) is 0.667. The van der Waals surface area contributed by atoms with E-state index >= 15 is 0 Å². The van der Waals surface area contributed by atoms with Gasteiger partial charge in [-0.2, -0.15) is 0 Å². The Kier molecular flexibility index (Phi) is 6.91. The van der Waals surface area contributed by atoms with Crippen molar-refractivity contribution in [3.8, 4) is 0 Å². The number of nitrogens with zero attached hydrogens (tertiary/aromatic N) is 2. The standard InChI is InChI=1S/C24H36N2O3/c1-3-26-19-20(22-7-5-6-8-23(22)26)18-25-12-10-24(11-13-25)17-21(9-14-29-24)28-16-15-27-4-2/h5-8,19,21H,3-4,9-18H2,1-2H3. The van der Waals surface area contributed by atoms with Gasteiger partial charge in [0, 0.05) is 62.9 Å². The Morgan fingerprint density at radius 2 is 1.97 bits per heavy atom. The van der Waals surface area contributed by atoms with Crippen molar-refractivity contribution >= 4 is 10.9 Å². The molecule has 2 aliphatic heterocycles. The molecule has 0 aliphatic carbocycles. The number of aromatic nitrogens is 1. The Labute approximate surface area is 174 Å². The van der Waals surface area contributed by atoms with E-state index in [1.54, 1.807) is 0 Å². The van der Waals surface area contributed by atoms with Crippen molar-refractivity contribution in [3.63, 3.8) is 0 Å². The second-order valence-electron chi connectivity index (χ2n) is 8.45. The molecule has 0 bridgehead atoms. The number of para-hydroxylation sites is 1. The van der Waals surface area contributed by atoms with Gasteiger partial charge < -0.3 is 18.8 Å². The summed E-state index contributed by atoms with van der Waals surface area (Å²) in [6, 6.07) is 8.78. The van der Waals surface area contributed by atoms with Crippen LogP contribution in [-0.2, 0) is 27.3 Å². The summed E-state index contributed by atoms with van der Waals surface area (Å²) in [4.78, 5) is 2.59. The summed E-state index contributed by atoms with van der Waals surface area (Å²) in [5.74, 6) is 0. The fourth-order valence-electron chi connectivity index (χ4n) is 4.96. The zero-order valence-corrected chi connectivity index (χ0v) is 18.1. The monoisotopic (exact) mass is 400 g/mol. The topological polar surface area (TPSA) is 35.9 Å². The molecule has 0 N–H and O–H groups in total. The molecule has 5 heteroatoms. The van der Waals surface area contributed by atoms with Crippen LogP contribution in [0.2, 0.25) is 0 Å². The smallest absolute Gasteiger partial charge is 0.0731 e. The van der Waals surface area contributed by atoms with E-state index in [2.05, 4.69) is 46.9 Å². The fourth-order valence-corrected chi connectivity index (χ4v) is 4.96. The average molecular weight is 401 g/mol. The highest BCUT2D eigenvalue weighted by Crippen LogP contribution is 2.36. The molecule has 2 fully saturated rings. The third kappa shape index (κ3) is 4.85. The normalized spacial score (nSPS) is 22.5. The van der Waals surface area contributed by atoms with Crippen LogP contribution in [0.3, 0.4) is 0 Å². The third-order valence-corrected chi connectivity index (χ3v) is 6.61. The lowest BCUT2D eigenvalue weighted by molar-refractivity contribution is -0.158. The number of piperidine rings is 1. The highest BCUT2D eigenvalue weighted by molar-refractivity contribution is 5.83. The number of hydrogen-bond donors (Lipinski definition) is 0. The summed E-state index contributed by atoms with van der Waals surface area (Å²) in [6.45, 7) is 11.4. The summed E-state index contributed by atoms with van der Waals surface area (Å²) in [5.41, 5.74) is 2.81. The molecule has 3 heterocycles. The first kappa shape index (κ1) is 20.9. The van der Waals surface area contributed by atoms with Crippen LogP contribution in [0.1, 0.15) is 45.1 Å². The van der Waals surface area contributed by atoms with Gasteiger partial charge in [0.15, 0.2) is 0 Å². The molecular weight excluding hydrogens is 364 g/mol. The summed E-state index contributed by atoms with van der Waals surface area (Å²) < 4.78 is 20.2. The molecule has 2 aromatic rings. The van der Waals surface area contributed by atoms with E-state index in [1.807, 2.05) is 6.92 Å². The van der Waals surface area contributed by atoms with Crippen LogP contribution in [0.4, 0.5) is 0 Å². The molecule has 0 amide bonds. The van der Waals surface area contributed by atoms with Crippen molar-refractivity contribution in [1.82, 2.24) is 9.47 Å². The number of aryl methyl sites for hydroxylation is 1. The lowest BCUT2D eigenvalue weighted by atomic mass is 9.83. The molecule has 0 saturated carbocycles. The van der Waals surface area contributed by atoms with E-state index in [-0.39, 0.29) is 5.60 Å². The van der Waals surface area contributed by atoms with Gasteiger partial charge in [-0.3, -0.25) is 4.90 Å². The van der Waals surface area contributed by atoms with Crippen molar-refractivity contribution in [2.75, 3.05) is 39.5 Å². The Morgan fingerprint density at radius 1 is 1.14 bits per heavy atom. The summed E-state index contributed by atoms with van der Waals surface area (Å²) in [7, 11) is 0. The van der Waals surface area contributed by atoms with Gasteiger partial charge in [-0.15, -0.1) is 0 Å². The van der Waals surface area contributed by atoms with Crippen LogP contribution < -0.4 is 0 Å². The molecule has 1 aromatic carbocycles. The largest absolute Gasteiger partial charge is 0.379 e. The van der Waals surface area contributed by atoms with Crippen LogP contribution >= 0.6 is 0 Å². The van der Waals surface area contributed by atoms with Crippen molar-refractivity contribution < 1.29 is 14.2 Å². The molecule has 5 nitrogen and oxygen atoms in total. The summed E-state index contributed by atoms with van der Waals surface area (Å²) in [5, 5.41) is 1.39. The van der Waals surface area contributed by atoms with Gasteiger partial charge in [0.05, 0.1) is 24.9 Å². The molecule has 29 heavy (non-hydrogen) atoms.